The monoisotopic (exact) mass is 215 g/mol. The number of hydrogen-bond acceptors (Lipinski definition) is 1. The van der Waals surface area contributed by atoms with E-state index in [9.17, 15) is 0 Å². The third kappa shape index (κ3) is 1.49. The predicted molar refractivity (Wildman–Crippen MR) is 64.4 cm³/mol. The Morgan fingerprint density at radius 2 is 2.00 bits per heavy atom. The van der Waals surface area contributed by atoms with E-state index in [0.29, 0.717) is 6.04 Å². The van der Waals surface area contributed by atoms with Crippen LogP contribution in [0.25, 0.3) is 11.5 Å². The highest BCUT2D eigenvalue weighted by Gasteiger charge is 2.21. The predicted octanol–water partition coefficient (Wildman–Crippen LogP) is 4.17. The highest BCUT2D eigenvalue weighted by Crippen LogP contribution is 2.35. The number of furan rings is 1. The van der Waals surface area contributed by atoms with E-state index in [1.54, 1.807) is 6.26 Å². The Morgan fingerprint density at radius 1 is 1.19 bits per heavy atom. The number of aryl methyl sites for hydroxylation is 1. The fourth-order valence-electron chi connectivity index (χ4n) is 2.82. The molecule has 1 saturated carbocycles. The Balaban J connectivity index is 2.05. The Bertz CT molecular complexity index is 461. The van der Waals surface area contributed by atoms with Crippen LogP contribution in [0.2, 0.25) is 0 Å². The Labute approximate surface area is 95.9 Å². The molecule has 2 aromatic heterocycles. The first-order valence-electron chi connectivity index (χ1n) is 6.08. The van der Waals surface area contributed by atoms with E-state index in [0.717, 1.165) is 5.76 Å². The summed E-state index contributed by atoms with van der Waals surface area (Å²) in [6.45, 7) is 2.19. The minimum absolute atomic E-state index is 0.676. The molecule has 0 saturated heterocycles. The van der Waals surface area contributed by atoms with Gasteiger partial charge in [0.25, 0.3) is 0 Å². The van der Waals surface area contributed by atoms with Crippen molar-refractivity contribution in [3.05, 3.63) is 36.2 Å². The molecule has 3 rings (SSSR count). The highest BCUT2D eigenvalue weighted by atomic mass is 16.3. The standard InChI is InChI=1S/C14H17NO/c1-11-8-9-13(14-7-4-10-16-14)15(11)12-5-2-3-6-12/h4,7-10,12H,2-3,5-6H2,1H3. The summed E-state index contributed by atoms with van der Waals surface area (Å²) in [6, 6.07) is 9.04. The maximum atomic E-state index is 5.51. The third-order valence-corrected chi connectivity index (χ3v) is 3.59. The molecule has 0 bridgehead atoms. The average molecular weight is 215 g/mol. The van der Waals surface area contributed by atoms with Gasteiger partial charge < -0.3 is 8.98 Å². The second kappa shape index (κ2) is 3.85. The first kappa shape index (κ1) is 9.76. The molecule has 2 heteroatoms. The lowest BCUT2D eigenvalue weighted by molar-refractivity contribution is 0.502. The van der Waals surface area contributed by atoms with Crippen molar-refractivity contribution in [3.63, 3.8) is 0 Å². The number of aromatic nitrogens is 1. The molecule has 0 radical (unpaired) electrons. The van der Waals surface area contributed by atoms with Crippen molar-refractivity contribution < 1.29 is 4.42 Å². The van der Waals surface area contributed by atoms with Crippen LogP contribution in [0, 0.1) is 6.92 Å². The summed E-state index contributed by atoms with van der Waals surface area (Å²) in [4.78, 5) is 0. The van der Waals surface area contributed by atoms with Gasteiger partial charge in [-0.1, -0.05) is 12.8 Å². The molecule has 0 aromatic carbocycles. The molecule has 16 heavy (non-hydrogen) atoms. The lowest BCUT2D eigenvalue weighted by Gasteiger charge is -2.17. The summed E-state index contributed by atoms with van der Waals surface area (Å²) < 4.78 is 7.96. The summed E-state index contributed by atoms with van der Waals surface area (Å²) in [6.07, 6.45) is 7.09. The van der Waals surface area contributed by atoms with Gasteiger partial charge in [-0.05, 0) is 44.0 Å². The minimum atomic E-state index is 0.676. The molecule has 0 aliphatic heterocycles. The SMILES string of the molecule is Cc1ccc(-c2ccco2)n1C1CCCC1. The minimum Gasteiger partial charge on any atom is -0.463 e. The van der Waals surface area contributed by atoms with Crippen molar-refractivity contribution in [2.24, 2.45) is 0 Å². The first-order chi connectivity index (χ1) is 7.86. The number of nitrogens with zero attached hydrogens (tertiary/aromatic N) is 1. The van der Waals surface area contributed by atoms with Gasteiger partial charge in [-0.2, -0.15) is 0 Å². The fraction of sp³-hybridized carbons (Fsp3) is 0.429. The molecule has 0 atom stereocenters. The molecule has 2 heterocycles. The van der Waals surface area contributed by atoms with E-state index < -0.39 is 0 Å². The highest BCUT2D eigenvalue weighted by molar-refractivity contribution is 5.54. The van der Waals surface area contributed by atoms with Gasteiger partial charge in [0, 0.05) is 11.7 Å². The van der Waals surface area contributed by atoms with Gasteiger partial charge >= 0.3 is 0 Å². The van der Waals surface area contributed by atoms with E-state index in [1.165, 1.54) is 37.1 Å². The molecule has 1 aliphatic carbocycles. The van der Waals surface area contributed by atoms with Crippen LogP contribution in [0.5, 0.6) is 0 Å². The summed E-state index contributed by atoms with van der Waals surface area (Å²) in [5, 5.41) is 0. The molecule has 1 fully saturated rings. The quantitative estimate of drug-likeness (QED) is 0.735. The number of hydrogen-bond donors (Lipinski definition) is 0. The smallest absolute Gasteiger partial charge is 0.150 e. The van der Waals surface area contributed by atoms with Crippen molar-refractivity contribution in [1.82, 2.24) is 4.57 Å². The first-order valence-corrected chi connectivity index (χ1v) is 6.08. The molecular formula is C14H17NO. The van der Waals surface area contributed by atoms with Gasteiger partial charge in [0.1, 0.15) is 5.76 Å². The maximum Gasteiger partial charge on any atom is 0.150 e. The molecule has 0 amide bonds. The molecule has 1 aliphatic rings. The Kier molecular flexibility index (Phi) is 2.35. The maximum absolute atomic E-state index is 5.51. The average Bonchev–Trinajstić information content (AvgIpc) is 2.96. The van der Waals surface area contributed by atoms with Crippen LogP contribution < -0.4 is 0 Å². The number of rotatable bonds is 2. The normalized spacial score (nSPS) is 17.1. The zero-order valence-electron chi connectivity index (χ0n) is 9.65. The van der Waals surface area contributed by atoms with Crippen molar-refractivity contribution in [3.8, 4) is 11.5 Å². The van der Waals surface area contributed by atoms with Gasteiger partial charge in [0.05, 0.1) is 12.0 Å². The Morgan fingerprint density at radius 3 is 2.69 bits per heavy atom. The van der Waals surface area contributed by atoms with Crippen LogP contribution >= 0.6 is 0 Å². The van der Waals surface area contributed by atoms with Gasteiger partial charge in [-0.3, -0.25) is 0 Å². The van der Waals surface area contributed by atoms with Crippen molar-refractivity contribution in [2.45, 2.75) is 38.6 Å². The zero-order valence-corrected chi connectivity index (χ0v) is 9.65. The summed E-state index contributed by atoms with van der Waals surface area (Å²) in [7, 11) is 0. The molecule has 0 N–H and O–H groups in total. The molecule has 2 nitrogen and oxygen atoms in total. The van der Waals surface area contributed by atoms with Crippen molar-refractivity contribution in [2.75, 3.05) is 0 Å². The van der Waals surface area contributed by atoms with Crippen LogP contribution in [0.15, 0.2) is 34.9 Å². The van der Waals surface area contributed by atoms with E-state index in [2.05, 4.69) is 23.6 Å². The topological polar surface area (TPSA) is 18.1 Å². The summed E-state index contributed by atoms with van der Waals surface area (Å²) in [5.41, 5.74) is 2.58. The second-order valence-corrected chi connectivity index (χ2v) is 4.65. The van der Waals surface area contributed by atoms with Gasteiger partial charge in [0.15, 0.2) is 0 Å². The lowest BCUT2D eigenvalue weighted by atomic mass is 10.2. The lowest BCUT2D eigenvalue weighted by Crippen LogP contribution is -2.07. The van der Waals surface area contributed by atoms with E-state index in [-0.39, 0.29) is 0 Å². The summed E-state index contributed by atoms with van der Waals surface area (Å²) >= 11 is 0. The largest absolute Gasteiger partial charge is 0.463 e. The van der Waals surface area contributed by atoms with Crippen molar-refractivity contribution in [1.29, 1.82) is 0 Å². The van der Waals surface area contributed by atoms with Crippen LogP contribution in [-0.2, 0) is 0 Å². The Hall–Kier alpha value is -1.44. The fourth-order valence-corrected chi connectivity index (χ4v) is 2.82. The van der Waals surface area contributed by atoms with E-state index in [1.807, 2.05) is 12.1 Å². The molecule has 0 spiro atoms. The summed E-state index contributed by atoms with van der Waals surface area (Å²) in [5.74, 6) is 0.986. The van der Waals surface area contributed by atoms with Gasteiger partial charge in [0.2, 0.25) is 0 Å². The van der Waals surface area contributed by atoms with Crippen molar-refractivity contribution >= 4 is 0 Å². The molecule has 2 aromatic rings. The van der Waals surface area contributed by atoms with Gasteiger partial charge in [-0.15, -0.1) is 0 Å². The van der Waals surface area contributed by atoms with Crippen LogP contribution in [0.4, 0.5) is 0 Å². The van der Waals surface area contributed by atoms with E-state index in [4.69, 9.17) is 4.42 Å². The zero-order chi connectivity index (χ0) is 11.0. The van der Waals surface area contributed by atoms with Crippen LogP contribution in [0.1, 0.15) is 37.4 Å². The van der Waals surface area contributed by atoms with E-state index >= 15 is 0 Å². The molecule has 0 unspecified atom stereocenters. The van der Waals surface area contributed by atoms with Crippen LogP contribution in [0.3, 0.4) is 0 Å². The molecule has 84 valence electrons. The molecular weight excluding hydrogens is 198 g/mol. The second-order valence-electron chi connectivity index (χ2n) is 4.65. The van der Waals surface area contributed by atoms with Gasteiger partial charge in [-0.25, -0.2) is 0 Å². The third-order valence-electron chi connectivity index (χ3n) is 3.59. The van der Waals surface area contributed by atoms with Crippen LogP contribution in [-0.4, -0.2) is 4.57 Å².